The Balaban J connectivity index is 1.42. The van der Waals surface area contributed by atoms with Crippen molar-refractivity contribution in [3.8, 4) is 0 Å². The van der Waals surface area contributed by atoms with E-state index in [0.717, 1.165) is 12.8 Å². The summed E-state index contributed by atoms with van der Waals surface area (Å²) in [6, 6.07) is 0. The Morgan fingerprint density at radius 2 is 1.97 bits per heavy atom. The van der Waals surface area contributed by atoms with Gasteiger partial charge >= 0.3 is 0 Å². The lowest BCUT2D eigenvalue weighted by atomic mass is 9.73. The summed E-state index contributed by atoms with van der Waals surface area (Å²) < 4.78 is 6.09. The molecule has 2 amide bonds. The number of likely N-dealkylation sites (tertiary alicyclic amines) is 1. The highest BCUT2D eigenvalue weighted by molar-refractivity contribution is 5.92. The van der Waals surface area contributed by atoms with Crippen LogP contribution in [0.3, 0.4) is 0 Å². The Morgan fingerprint density at radius 1 is 1.28 bits per heavy atom. The van der Waals surface area contributed by atoms with E-state index in [1.54, 1.807) is 6.92 Å². The van der Waals surface area contributed by atoms with Gasteiger partial charge in [-0.05, 0) is 46.0 Å². The number of rotatable bonds is 3. The first-order valence-corrected chi connectivity index (χ1v) is 10.4. The summed E-state index contributed by atoms with van der Waals surface area (Å²) >= 11 is 0. The van der Waals surface area contributed by atoms with Gasteiger partial charge in [0, 0.05) is 25.6 Å². The van der Waals surface area contributed by atoms with Gasteiger partial charge in [0.15, 0.2) is 0 Å². The third-order valence-corrected chi connectivity index (χ3v) is 6.74. The van der Waals surface area contributed by atoms with E-state index in [0.29, 0.717) is 50.5 Å². The maximum atomic E-state index is 12.7. The first-order valence-electron chi connectivity index (χ1n) is 10.4. The average Bonchev–Trinajstić information content (AvgIpc) is 3.38. The minimum Gasteiger partial charge on any atom is -0.388 e. The number of carbonyl (C=O) groups excluding carboxylic acids is 2. The molecular formula is C21H30N4O4. The van der Waals surface area contributed by atoms with Gasteiger partial charge in [-0.2, -0.15) is 0 Å². The molecule has 1 spiro atoms. The second-order valence-electron chi connectivity index (χ2n) is 8.78. The molecule has 2 aliphatic heterocycles. The van der Waals surface area contributed by atoms with Crippen LogP contribution < -0.4 is 5.32 Å². The van der Waals surface area contributed by atoms with E-state index in [2.05, 4.69) is 27.4 Å². The SMILES string of the molecule is Cc1ncc(C(=O)N[C@@]2(C)CCOC3(CCN(C(=O)C4CC=CC4)CC3)[C@@H]2O)[nH]1. The van der Waals surface area contributed by atoms with E-state index < -0.39 is 17.2 Å². The van der Waals surface area contributed by atoms with Crippen molar-refractivity contribution >= 4 is 11.8 Å². The van der Waals surface area contributed by atoms with Gasteiger partial charge in [-0.15, -0.1) is 0 Å². The molecule has 0 unspecified atom stereocenters. The summed E-state index contributed by atoms with van der Waals surface area (Å²) in [4.78, 5) is 34.2. The van der Waals surface area contributed by atoms with Crippen LogP contribution in [0.25, 0.3) is 0 Å². The van der Waals surface area contributed by atoms with E-state index in [9.17, 15) is 14.7 Å². The highest BCUT2D eigenvalue weighted by Gasteiger charge is 2.54. The van der Waals surface area contributed by atoms with Crippen molar-refractivity contribution in [3.63, 3.8) is 0 Å². The number of amides is 2. The third-order valence-electron chi connectivity index (χ3n) is 6.74. The minimum absolute atomic E-state index is 0.0589. The van der Waals surface area contributed by atoms with Crippen molar-refractivity contribution in [2.45, 2.75) is 63.2 Å². The number of ether oxygens (including phenoxy) is 1. The maximum absolute atomic E-state index is 12.7. The predicted molar refractivity (Wildman–Crippen MR) is 106 cm³/mol. The number of aromatic nitrogens is 2. The molecule has 3 heterocycles. The molecule has 4 rings (SSSR count). The molecule has 29 heavy (non-hydrogen) atoms. The van der Waals surface area contributed by atoms with Gasteiger partial charge in [0.25, 0.3) is 5.91 Å². The molecule has 8 nitrogen and oxygen atoms in total. The van der Waals surface area contributed by atoms with Crippen molar-refractivity contribution in [2.24, 2.45) is 5.92 Å². The van der Waals surface area contributed by atoms with Gasteiger partial charge in [0.05, 0.1) is 17.3 Å². The van der Waals surface area contributed by atoms with Crippen LogP contribution in [0.2, 0.25) is 0 Å². The Bertz CT molecular complexity index is 803. The molecule has 158 valence electrons. The van der Waals surface area contributed by atoms with Crippen LogP contribution in [0.4, 0.5) is 0 Å². The molecule has 0 saturated carbocycles. The minimum atomic E-state index is -0.859. The van der Waals surface area contributed by atoms with Crippen LogP contribution in [0.5, 0.6) is 0 Å². The fourth-order valence-corrected chi connectivity index (χ4v) is 4.86. The number of hydrogen-bond acceptors (Lipinski definition) is 5. The van der Waals surface area contributed by atoms with Gasteiger partial charge in [-0.1, -0.05) is 12.2 Å². The molecule has 1 aromatic heterocycles. The number of hydrogen-bond donors (Lipinski definition) is 3. The van der Waals surface area contributed by atoms with E-state index in [-0.39, 0.29) is 17.7 Å². The van der Waals surface area contributed by atoms with Gasteiger partial charge in [0.2, 0.25) is 5.91 Å². The van der Waals surface area contributed by atoms with Crippen molar-refractivity contribution in [1.29, 1.82) is 0 Å². The molecule has 1 aromatic rings. The second-order valence-corrected chi connectivity index (χ2v) is 8.78. The second kappa shape index (κ2) is 7.57. The Hall–Kier alpha value is -2.19. The summed E-state index contributed by atoms with van der Waals surface area (Å²) in [6.07, 6.45) is 8.05. The molecule has 8 heteroatoms. The first kappa shape index (κ1) is 20.1. The molecule has 2 saturated heterocycles. The number of aliphatic hydroxyl groups excluding tert-OH is 1. The summed E-state index contributed by atoms with van der Waals surface area (Å²) in [6.45, 7) is 5.24. The highest BCUT2D eigenvalue weighted by Crippen LogP contribution is 2.40. The Labute approximate surface area is 170 Å². The van der Waals surface area contributed by atoms with E-state index in [4.69, 9.17) is 4.74 Å². The number of aryl methyl sites for hydroxylation is 1. The smallest absolute Gasteiger partial charge is 0.269 e. The summed E-state index contributed by atoms with van der Waals surface area (Å²) in [5.41, 5.74) is -1.17. The van der Waals surface area contributed by atoms with Crippen molar-refractivity contribution in [1.82, 2.24) is 20.2 Å². The normalized spacial score (nSPS) is 29.3. The van der Waals surface area contributed by atoms with Crippen molar-refractivity contribution in [2.75, 3.05) is 19.7 Å². The van der Waals surface area contributed by atoms with Gasteiger partial charge in [0.1, 0.15) is 17.6 Å². The molecule has 0 aromatic carbocycles. The lowest BCUT2D eigenvalue weighted by Crippen LogP contribution is -2.69. The molecular weight excluding hydrogens is 372 g/mol. The fourth-order valence-electron chi connectivity index (χ4n) is 4.86. The molecule has 3 N–H and O–H groups in total. The quantitative estimate of drug-likeness (QED) is 0.661. The molecule has 2 fully saturated rings. The van der Waals surface area contributed by atoms with Crippen molar-refractivity contribution in [3.05, 3.63) is 29.9 Å². The lowest BCUT2D eigenvalue weighted by molar-refractivity contribution is -0.206. The van der Waals surface area contributed by atoms with Crippen LogP contribution in [0.15, 0.2) is 18.3 Å². The van der Waals surface area contributed by atoms with E-state index >= 15 is 0 Å². The molecule has 1 aliphatic carbocycles. The molecule has 0 radical (unpaired) electrons. The number of nitrogens with zero attached hydrogens (tertiary/aromatic N) is 2. The summed E-state index contributed by atoms with van der Waals surface area (Å²) in [5, 5.41) is 14.3. The van der Waals surface area contributed by atoms with Crippen LogP contribution in [-0.2, 0) is 9.53 Å². The predicted octanol–water partition coefficient (Wildman–Crippen LogP) is 1.32. The number of aromatic amines is 1. The van der Waals surface area contributed by atoms with Crippen LogP contribution in [-0.4, -0.2) is 68.7 Å². The number of nitrogens with one attached hydrogen (secondary N) is 2. The zero-order chi connectivity index (χ0) is 20.6. The van der Waals surface area contributed by atoms with E-state index in [1.165, 1.54) is 6.20 Å². The lowest BCUT2D eigenvalue weighted by Gasteiger charge is -2.53. The summed E-state index contributed by atoms with van der Waals surface area (Å²) in [5.74, 6) is 0.633. The van der Waals surface area contributed by atoms with E-state index in [1.807, 2.05) is 11.8 Å². The Morgan fingerprint density at radius 3 is 2.59 bits per heavy atom. The maximum Gasteiger partial charge on any atom is 0.269 e. The zero-order valence-electron chi connectivity index (χ0n) is 17.1. The van der Waals surface area contributed by atoms with Crippen LogP contribution >= 0.6 is 0 Å². The van der Waals surface area contributed by atoms with Gasteiger partial charge in [-0.25, -0.2) is 4.98 Å². The Kier molecular flexibility index (Phi) is 5.25. The highest BCUT2D eigenvalue weighted by atomic mass is 16.5. The third kappa shape index (κ3) is 3.71. The monoisotopic (exact) mass is 402 g/mol. The van der Waals surface area contributed by atoms with Gasteiger partial charge < -0.3 is 25.0 Å². The average molecular weight is 402 g/mol. The largest absolute Gasteiger partial charge is 0.388 e. The molecule has 0 bridgehead atoms. The standard InChI is InChI=1S/C21H30N4O4/c1-14-22-13-16(23-14)17(26)24-20(2)9-12-29-21(19(20)28)7-10-25(11-8-21)18(27)15-5-3-4-6-15/h3-4,13,15,19,28H,5-12H2,1-2H3,(H,22,23)(H,24,26)/t19-,20+/m1/s1. The van der Waals surface area contributed by atoms with Crippen LogP contribution in [0.1, 0.15) is 55.3 Å². The summed E-state index contributed by atoms with van der Waals surface area (Å²) in [7, 11) is 0. The molecule has 3 aliphatic rings. The number of piperidine rings is 1. The van der Waals surface area contributed by atoms with Crippen LogP contribution in [0, 0.1) is 12.8 Å². The number of aliphatic hydroxyl groups is 1. The number of imidazole rings is 1. The molecule has 2 atom stereocenters. The van der Waals surface area contributed by atoms with Gasteiger partial charge in [-0.3, -0.25) is 9.59 Å². The van der Waals surface area contributed by atoms with Crippen molar-refractivity contribution < 1.29 is 19.4 Å². The number of H-pyrrole nitrogens is 1. The number of allylic oxidation sites excluding steroid dienone is 2. The number of carbonyl (C=O) groups is 2. The first-order chi connectivity index (χ1) is 13.8. The zero-order valence-corrected chi connectivity index (χ0v) is 17.1. The fraction of sp³-hybridized carbons (Fsp3) is 0.667. The topological polar surface area (TPSA) is 108 Å².